The highest BCUT2D eigenvalue weighted by atomic mass is 32.2. The average molecular weight is 404 g/mol. The summed E-state index contributed by atoms with van der Waals surface area (Å²) in [6.45, 7) is 1.84. The zero-order chi connectivity index (χ0) is 20.3. The lowest BCUT2D eigenvalue weighted by Crippen LogP contribution is -2.27. The van der Waals surface area contributed by atoms with Crippen molar-refractivity contribution < 1.29 is 22.7 Å². The Kier molecular flexibility index (Phi) is 5.90. The largest absolute Gasteiger partial charge is 0.497 e. The fourth-order valence-corrected chi connectivity index (χ4v) is 4.11. The van der Waals surface area contributed by atoms with Gasteiger partial charge in [0.2, 0.25) is 10.0 Å². The van der Waals surface area contributed by atoms with Crippen LogP contribution in [0, 0.1) is 0 Å². The van der Waals surface area contributed by atoms with Crippen LogP contribution in [0.25, 0.3) is 0 Å². The number of carbonyl (C=O) groups is 1. The molecule has 0 unspecified atom stereocenters. The standard InChI is InChI=1S/C20H24N2O5S/c1-13(18-12-16(26-2)8-11-19(18)27-3)21-20(23)14-4-9-17(10-5-14)28(24,25)22-15-6-7-15/h4-5,8-13,15,22H,6-7H2,1-3H3,(H,21,23)/t13-/m0/s1. The lowest BCUT2D eigenvalue weighted by atomic mass is 10.1. The number of methoxy groups -OCH3 is 2. The van der Waals surface area contributed by atoms with Crippen molar-refractivity contribution >= 4 is 15.9 Å². The average Bonchev–Trinajstić information content (AvgIpc) is 3.50. The molecule has 0 radical (unpaired) electrons. The lowest BCUT2D eigenvalue weighted by molar-refractivity contribution is 0.0939. The van der Waals surface area contributed by atoms with Crippen molar-refractivity contribution in [2.75, 3.05) is 14.2 Å². The van der Waals surface area contributed by atoms with Gasteiger partial charge in [0.25, 0.3) is 5.91 Å². The monoisotopic (exact) mass is 404 g/mol. The van der Waals surface area contributed by atoms with E-state index >= 15 is 0 Å². The maximum absolute atomic E-state index is 12.6. The number of hydrogen-bond donors (Lipinski definition) is 2. The van der Waals surface area contributed by atoms with Crippen LogP contribution in [0.2, 0.25) is 0 Å². The third-order valence-electron chi connectivity index (χ3n) is 4.58. The Hall–Kier alpha value is -2.58. The Morgan fingerprint density at radius 3 is 2.32 bits per heavy atom. The zero-order valence-electron chi connectivity index (χ0n) is 16.1. The number of amides is 1. The fourth-order valence-electron chi connectivity index (χ4n) is 2.81. The summed E-state index contributed by atoms with van der Waals surface area (Å²) >= 11 is 0. The molecule has 1 atom stereocenters. The lowest BCUT2D eigenvalue weighted by Gasteiger charge is -2.18. The molecule has 3 rings (SSSR count). The zero-order valence-corrected chi connectivity index (χ0v) is 16.9. The number of benzene rings is 2. The van der Waals surface area contributed by atoms with Crippen molar-refractivity contribution in [2.45, 2.75) is 36.7 Å². The quantitative estimate of drug-likeness (QED) is 0.705. The van der Waals surface area contributed by atoms with Crippen molar-refractivity contribution in [1.82, 2.24) is 10.0 Å². The first kappa shape index (κ1) is 20.2. The third-order valence-corrected chi connectivity index (χ3v) is 6.11. The topological polar surface area (TPSA) is 93.7 Å². The molecular formula is C20H24N2O5S. The number of sulfonamides is 1. The van der Waals surface area contributed by atoms with E-state index in [1.54, 1.807) is 26.4 Å². The van der Waals surface area contributed by atoms with Crippen LogP contribution in [0.15, 0.2) is 47.4 Å². The van der Waals surface area contributed by atoms with E-state index in [2.05, 4.69) is 10.0 Å². The Morgan fingerprint density at radius 2 is 1.75 bits per heavy atom. The maximum atomic E-state index is 12.6. The van der Waals surface area contributed by atoms with Gasteiger partial charge in [0.15, 0.2) is 0 Å². The maximum Gasteiger partial charge on any atom is 0.251 e. The Labute approximate surface area is 165 Å². The number of rotatable bonds is 8. The first-order valence-electron chi connectivity index (χ1n) is 8.99. The van der Waals surface area contributed by atoms with Crippen LogP contribution in [-0.2, 0) is 10.0 Å². The van der Waals surface area contributed by atoms with Gasteiger partial charge in [0, 0.05) is 17.2 Å². The summed E-state index contributed by atoms with van der Waals surface area (Å²) in [4.78, 5) is 12.7. The van der Waals surface area contributed by atoms with Crippen LogP contribution in [0.3, 0.4) is 0 Å². The van der Waals surface area contributed by atoms with E-state index in [-0.39, 0.29) is 22.9 Å². The van der Waals surface area contributed by atoms with Crippen LogP contribution >= 0.6 is 0 Å². The molecule has 2 N–H and O–H groups in total. The van der Waals surface area contributed by atoms with E-state index < -0.39 is 10.0 Å². The van der Waals surface area contributed by atoms with Gasteiger partial charge in [-0.05, 0) is 62.2 Å². The Bertz CT molecular complexity index is 953. The second kappa shape index (κ2) is 8.20. The molecule has 0 aliphatic heterocycles. The molecule has 1 aliphatic rings. The number of carbonyl (C=O) groups excluding carboxylic acids is 1. The van der Waals surface area contributed by atoms with Gasteiger partial charge >= 0.3 is 0 Å². The Balaban J connectivity index is 1.72. The summed E-state index contributed by atoms with van der Waals surface area (Å²) < 4.78 is 37.7. The van der Waals surface area contributed by atoms with Gasteiger partial charge in [-0.3, -0.25) is 4.79 Å². The van der Waals surface area contributed by atoms with Crippen molar-refractivity contribution in [3.05, 3.63) is 53.6 Å². The van der Waals surface area contributed by atoms with Crippen LogP contribution in [0.1, 0.15) is 41.7 Å². The summed E-state index contributed by atoms with van der Waals surface area (Å²) in [6.07, 6.45) is 1.73. The molecule has 1 amide bonds. The molecule has 2 aromatic rings. The minimum absolute atomic E-state index is 0.0340. The molecular weight excluding hydrogens is 380 g/mol. The SMILES string of the molecule is COc1ccc(OC)c([C@H](C)NC(=O)c2ccc(S(=O)(=O)NC3CC3)cc2)c1. The number of hydrogen-bond acceptors (Lipinski definition) is 5. The number of ether oxygens (including phenoxy) is 2. The van der Waals surface area contributed by atoms with Gasteiger partial charge in [0.05, 0.1) is 25.2 Å². The highest BCUT2D eigenvalue weighted by Gasteiger charge is 2.28. The molecule has 0 aromatic heterocycles. The summed E-state index contributed by atoms with van der Waals surface area (Å²) in [5, 5.41) is 2.90. The second-order valence-corrected chi connectivity index (χ2v) is 8.44. The van der Waals surface area contributed by atoms with Crippen LogP contribution in [0.5, 0.6) is 11.5 Å². The summed E-state index contributed by atoms with van der Waals surface area (Å²) in [7, 11) is -0.398. The molecule has 0 bridgehead atoms. The first-order valence-corrected chi connectivity index (χ1v) is 10.5. The van der Waals surface area contributed by atoms with E-state index in [9.17, 15) is 13.2 Å². The smallest absolute Gasteiger partial charge is 0.251 e. The molecule has 0 saturated heterocycles. The Morgan fingerprint density at radius 1 is 1.07 bits per heavy atom. The highest BCUT2D eigenvalue weighted by Crippen LogP contribution is 2.29. The molecule has 0 heterocycles. The van der Waals surface area contributed by atoms with Gasteiger partial charge in [0.1, 0.15) is 11.5 Å². The van der Waals surface area contributed by atoms with E-state index in [1.165, 1.54) is 24.3 Å². The first-order chi connectivity index (χ1) is 13.3. The van der Waals surface area contributed by atoms with E-state index in [1.807, 2.05) is 13.0 Å². The molecule has 0 spiro atoms. The van der Waals surface area contributed by atoms with Gasteiger partial charge in [-0.15, -0.1) is 0 Å². The molecule has 1 saturated carbocycles. The predicted octanol–water partition coefficient (Wildman–Crippen LogP) is 2.64. The predicted molar refractivity (Wildman–Crippen MR) is 105 cm³/mol. The van der Waals surface area contributed by atoms with Crippen molar-refractivity contribution in [1.29, 1.82) is 0 Å². The van der Waals surface area contributed by atoms with E-state index in [0.29, 0.717) is 17.1 Å². The van der Waals surface area contributed by atoms with Gasteiger partial charge in [-0.25, -0.2) is 13.1 Å². The minimum atomic E-state index is -3.53. The summed E-state index contributed by atoms with van der Waals surface area (Å²) in [5.74, 6) is 0.993. The van der Waals surface area contributed by atoms with Crippen LogP contribution in [0.4, 0.5) is 0 Å². The fraction of sp³-hybridized carbons (Fsp3) is 0.350. The van der Waals surface area contributed by atoms with E-state index in [4.69, 9.17) is 9.47 Å². The van der Waals surface area contributed by atoms with Gasteiger partial charge in [-0.2, -0.15) is 0 Å². The van der Waals surface area contributed by atoms with Crippen LogP contribution in [-0.4, -0.2) is 34.6 Å². The molecule has 2 aromatic carbocycles. The van der Waals surface area contributed by atoms with Crippen molar-refractivity contribution in [2.24, 2.45) is 0 Å². The third kappa shape index (κ3) is 4.63. The normalized spacial score (nSPS) is 15.0. The second-order valence-electron chi connectivity index (χ2n) is 6.72. The summed E-state index contributed by atoms with van der Waals surface area (Å²) in [6, 6.07) is 11.0. The summed E-state index contributed by atoms with van der Waals surface area (Å²) in [5.41, 5.74) is 1.15. The van der Waals surface area contributed by atoms with Crippen LogP contribution < -0.4 is 19.5 Å². The highest BCUT2D eigenvalue weighted by molar-refractivity contribution is 7.89. The van der Waals surface area contributed by atoms with Gasteiger partial charge in [-0.1, -0.05) is 0 Å². The molecule has 7 nitrogen and oxygen atoms in total. The molecule has 1 fully saturated rings. The number of nitrogens with one attached hydrogen (secondary N) is 2. The van der Waals surface area contributed by atoms with Crippen molar-refractivity contribution in [3.63, 3.8) is 0 Å². The molecule has 8 heteroatoms. The van der Waals surface area contributed by atoms with E-state index in [0.717, 1.165) is 18.4 Å². The molecule has 1 aliphatic carbocycles. The molecule has 150 valence electrons. The molecule has 28 heavy (non-hydrogen) atoms. The van der Waals surface area contributed by atoms with Crippen molar-refractivity contribution in [3.8, 4) is 11.5 Å². The minimum Gasteiger partial charge on any atom is -0.497 e. The van der Waals surface area contributed by atoms with Gasteiger partial charge < -0.3 is 14.8 Å².